The normalized spacial score (nSPS) is 11.0. The maximum absolute atomic E-state index is 12.2. The molecular formula is C18H25N3O. The molecule has 1 heterocycles. The molecule has 1 aromatic carbocycles. The molecule has 0 radical (unpaired) electrons. The quantitative estimate of drug-likeness (QED) is 0.808. The lowest BCUT2D eigenvalue weighted by molar-refractivity contribution is -0.116. The summed E-state index contributed by atoms with van der Waals surface area (Å²) in [4.78, 5) is 18.9. The lowest BCUT2D eigenvalue weighted by Gasteiger charge is -2.20. The van der Waals surface area contributed by atoms with E-state index in [-0.39, 0.29) is 5.91 Å². The van der Waals surface area contributed by atoms with Gasteiger partial charge < -0.3 is 10.2 Å². The number of pyridine rings is 1. The van der Waals surface area contributed by atoms with Crippen LogP contribution >= 0.6 is 0 Å². The number of nitrogens with one attached hydrogen (secondary N) is 1. The van der Waals surface area contributed by atoms with Gasteiger partial charge >= 0.3 is 0 Å². The van der Waals surface area contributed by atoms with Crippen LogP contribution in [0.25, 0.3) is 10.9 Å². The Bertz CT molecular complexity index is 601. The number of carbonyl (C=O) groups is 1. The number of aromatic nitrogens is 1. The first-order valence-corrected chi connectivity index (χ1v) is 8.10. The minimum atomic E-state index is 0.0513. The van der Waals surface area contributed by atoms with Gasteiger partial charge in [-0.2, -0.15) is 0 Å². The van der Waals surface area contributed by atoms with E-state index < -0.39 is 0 Å². The van der Waals surface area contributed by atoms with Crippen molar-refractivity contribution in [3.8, 4) is 0 Å². The summed E-state index contributed by atoms with van der Waals surface area (Å²) in [7, 11) is 0. The number of anilines is 1. The predicted octanol–water partition coefficient (Wildman–Crippen LogP) is 3.69. The molecule has 0 aliphatic carbocycles. The van der Waals surface area contributed by atoms with Gasteiger partial charge in [0.2, 0.25) is 5.91 Å². The van der Waals surface area contributed by atoms with E-state index in [0.717, 1.165) is 49.1 Å². The summed E-state index contributed by atoms with van der Waals surface area (Å²) in [6.45, 7) is 7.26. The van der Waals surface area contributed by atoms with E-state index in [1.165, 1.54) is 0 Å². The van der Waals surface area contributed by atoms with Gasteiger partial charge in [-0.1, -0.05) is 32.0 Å². The Morgan fingerprint density at radius 1 is 1.09 bits per heavy atom. The van der Waals surface area contributed by atoms with Crippen molar-refractivity contribution in [2.45, 2.75) is 33.1 Å². The van der Waals surface area contributed by atoms with Crippen molar-refractivity contribution in [1.82, 2.24) is 9.88 Å². The Labute approximate surface area is 132 Å². The maximum Gasteiger partial charge on any atom is 0.225 e. The topological polar surface area (TPSA) is 45.2 Å². The minimum absolute atomic E-state index is 0.0513. The fraction of sp³-hybridized carbons (Fsp3) is 0.444. The molecule has 0 bridgehead atoms. The summed E-state index contributed by atoms with van der Waals surface area (Å²) in [6.07, 6.45) is 4.51. The molecule has 0 spiro atoms. The Morgan fingerprint density at radius 2 is 1.82 bits per heavy atom. The summed E-state index contributed by atoms with van der Waals surface area (Å²) in [5, 5.41) is 4.04. The summed E-state index contributed by atoms with van der Waals surface area (Å²) >= 11 is 0. The molecule has 0 saturated carbocycles. The molecule has 0 atom stereocenters. The van der Waals surface area contributed by atoms with Gasteiger partial charge in [0, 0.05) is 24.5 Å². The molecule has 22 heavy (non-hydrogen) atoms. The van der Waals surface area contributed by atoms with Gasteiger partial charge in [0.1, 0.15) is 0 Å². The zero-order chi connectivity index (χ0) is 15.8. The van der Waals surface area contributed by atoms with E-state index >= 15 is 0 Å². The standard InChI is InChI=1S/C18H25N3O/c1-3-12-21(13-4-2)14-10-17(22)20-16-9-5-7-15-8-6-11-19-18(15)16/h5-9,11H,3-4,10,12-14H2,1-2H3,(H,20,22). The highest BCUT2D eigenvalue weighted by Crippen LogP contribution is 2.20. The van der Waals surface area contributed by atoms with Crippen molar-refractivity contribution >= 4 is 22.5 Å². The Morgan fingerprint density at radius 3 is 2.55 bits per heavy atom. The second-order valence-electron chi connectivity index (χ2n) is 5.52. The van der Waals surface area contributed by atoms with Gasteiger partial charge in [-0.3, -0.25) is 9.78 Å². The van der Waals surface area contributed by atoms with Crippen LogP contribution in [-0.2, 0) is 4.79 Å². The lowest BCUT2D eigenvalue weighted by Crippen LogP contribution is -2.29. The highest BCUT2D eigenvalue weighted by atomic mass is 16.1. The highest BCUT2D eigenvalue weighted by molar-refractivity contribution is 6.00. The van der Waals surface area contributed by atoms with E-state index in [4.69, 9.17) is 0 Å². The van der Waals surface area contributed by atoms with E-state index in [1.807, 2.05) is 30.3 Å². The SMILES string of the molecule is CCCN(CCC)CCC(=O)Nc1cccc2cccnc12. The Balaban J connectivity index is 1.96. The van der Waals surface area contributed by atoms with Crippen molar-refractivity contribution in [2.24, 2.45) is 0 Å². The Hall–Kier alpha value is -1.94. The summed E-state index contributed by atoms with van der Waals surface area (Å²) in [6, 6.07) is 9.76. The average Bonchev–Trinajstić information content (AvgIpc) is 2.53. The second-order valence-corrected chi connectivity index (χ2v) is 5.52. The maximum atomic E-state index is 12.2. The number of para-hydroxylation sites is 1. The first kappa shape index (κ1) is 16.4. The fourth-order valence-corrected chi connectivity index (χ4v) is 2.65. The third-order valence-corrected chi connectivity index (χ3v) is 3.64. The smallest absolute Gasteiger partial charge is 0.225 e. The number of carbonyl (C=O) groups excluding carboxylic acids is 1. The summed E-state index contributed by atoms with van der Waals surface area (Å²) in [5.74, 6) is 0.0513. The monoisotopic (exact) mass is 299 g/mol. The molecule has 4 nitrogen and oxygen atoms in total. The molecule has 1 aromatic heterocycles. The van der Waals surface area contributed by atoms with Crippen LogP contribution < -0.4 is 5.32 Å². The van der Waals surface area contributed by atoms with Crippen LogP contribution in [-0.4, -0.2) is 35.4 Å². The van der Waals surface area contributed by atoms with Gasteiger partial charge in [-0.25, -0.2) is 0 Å². The number of hydrogen-bond acceptors (Lipinski definition) is 3. The molecule has 0 fully saturated rings. The first-order valence-electron chi connectivity index (χ1n) is 8.10. The number of nitrogens with zero attached hydrogens (tertiary/aromatic N) is 2. The van der Waals surface area contributed by atoms with Crippen LogP contribution in [0, 0.1) is 0 Å². The van der Waals surface area contributed by atoms with Crippen LogP contribution in [0.3, 0.4) is 0 Å². The van der Waals surface area contributed by atoms with E-state index in [1.54, 1.807) is 6.20 Å². The van der Waals surface area contributed by atoms with Crippen LogP contribution in [0.1, 0.15) is 33.1 Å². The van der Waals surface area contributed by atoms with Crippen molar-refractivity contribution in [1.29, 1.82) is 0 Å². The van der Waals surface area contributed by atoms with Crippen LogP contribution in [0.4, 0.5) is 5.69 Å². The molecule has 2 rings (SSSR count). The van der Waals surface area contributed by atoms with Gasteiger partial charge in [-0.15, -0.1) is 0 Å². The van der Waals surface area contributed by atoms with E-state index in [0.29, 0.717) is 6.42 Å². The second kappa shape index (κ2) is 8.49. The summed E-state index contributed by atoms with van der Waals surface area (Å²) < 4.78 is 0. The molecule has 118 valence electrons. The van der Waals surface area contributed by atoms with Gasteiger partial charge in [0.25, 0.3) is 0 Å². The first-order chi connectivity index (χ1) is 10.7. The molecular weight excluding hydrogens is 274 g/mol. The number of amides is 1. The number of rotatable bonds is 8. The molecule has 0 saturated heterocycles. The third kappa shape index (κ3) is 4.53. The zero-order valence-electron chi connectivity index (χ0n) is 13.5. The molecule has 0 aliphatic rings. The molecule has 1 N–H and O–H groups in total. The largest absolute Gasteiger partial charge is 0.324 e. The molecule has 1 amide bonds. The van der Waals surface area contributed by atoms with Crippen molar-refractivity contribution in [2.75, 3.05) is 25.0 Å². The Kier molecular flexibility index (Phi) is 6.34. The molecule has 0 aliphatic heterocycles. The number of benzene rings is 1. The fourth-order valence-electron chi connectivity index (χ4n) is 2.65. The molecule has 4 heteroatoms. The zero-order valence-corrected chi connectivity index (χ0v) is 13.5. The van der Waals surface area contributed by atoms with Crippen molar-refractivity contribution in [3.63, 3.8) is 0 Å². The summed E-state index contributed by atoms with van der Waals surface area (Å²) in [5.41, 5.74) is 1.64. The average molecular weight is 299 g/mol. The lowest BCUT2D eigenvalue weighted by atomic mass is 10.2. The molecule has 0 unspecified atom stereocenters. The third-order valence-electron chi connectivity index (χ3n) is 3.64. The van der Waals surface area contributed by atoms with Crippen molar-refractivity contribution in [3.05, 3.63) is 36.5 Å². The number of hydrogen-bond donors (Lipinski definition) is 1. The van der Waals surface area contributed by atoms with Gasteiger partial charge in [0.05, 0.1) is 11.2 Å². The predicted molar refractivity (Wildman–Crippen MR) is 92.0 cm³/mol. The van der Waals surface area contributed by atoms with Crippen LogP contribution in [0.5, 0.6) is 0 Å². The van der Waals surface area contributed by atoms with E-state index in [9.17, 15) is 4.79 Å². The van der Waals surface area contributed by atoms with Gasteiger partial charge in [0.15, 0.2) is 0 Å². The highest BCUT2D eigenvalue weighted by Gasteiger charge is 2.09. The van der Waals surface area contributed by atoms with Crippen LogP contribution in [0.2, 0.25) is 0 Å². The minimum Gasteiger partial charge on any atom is -0.324 e. The van der Waals surface area contributed by atoms with E-state index in [2.05, 4.69) is 29.0 Å². The van der Waals surface area contributed by atoms with Gasteiger partial charge in [-0.05, 0) is 38.1 Å². The number of fused-ring (bicyclic) bond motifs is 1. The van der Waals surface area contributed by atoms with Crippen LogP contribution in [0.15, 0.2) is 36.5 Å². The van der Waals surface area contributed by atoms with Crippen molar-refractivity contribution < 1.29 is 4.79 Å². The molecule has 2 aromatic rings.